The number of benzene rings is 1. The average molecular weight is 243 g/mol. The van der Waals surface area contributed by atoms with E-state index in [1.54, 1.807) is 10.7 Å². The van der Waals surface area contributed by atoms with Crippen molar-refractivity contribution in [3.8, 4) is 0 Å². The van der Waals surface area contributed by atoms with Crippen molar-refractivity contribution in [2.24, 2.45) is 0 Å². The lowest BCUT2D eigenvalue weighted by Crippen LogP contribution is -2.04. The summed E-state index contributed by atoms with van der Waals surface area (Å²) in [7, 11) is 0. The molecule has 0 aliphatic heterocycles. The normalized spacial score (nSPS) is 10.6. The second-order valence-corrected chi connectivity index (χ2v) is 3.95. The standard InChI is InChI=1S/C9H8Cl2N4/c1-6-12-13-14-15(6)5-7-2-3-8(10)9(11)4-7/h2-4H,5H2,1H3. The molecule has 0 aliphatic carbocycles. The number of hydrogen-bond donors (Lipinski definition) is 0. The maximum atomic E-state index is 5.90. The van der Waals surface area contributed by atoms with Crippen LogP contribution in [0.25, 0.3) is 0 Å². The molecule has 0 unspecified atom stereocenters. The van der Waals surface area contributed by atoms with Crippen molar-refractivity contribution in [1.29, 1.82) is 0 Å². The zero-order valence-corrected chi connectivity index (χ0v) is 9.50. The van der Waals surface area contributed by atoms with Crippen LogP contribution in [-0.4, -0.2) is 20.2 Å². The van der Waals surface area contributed by atoms with Gasteiger partial charge in [-0.2, -0.15) is 0 Å². The van der Waals surface area contributed by atoms with Gasteiger partial charge in [0.25, 0.3) is 0 Å². The van der Waals surface area contributed by atoms with Gasteiger partial charge in [0.1, 0.15) is 5.82 Å². The summed E-state index contributed by atoms with van der Waals surface area (Å²) >= 11 is 11.7. The van der Waals surface area contributed by atoms with Crippen LogP contribution in [0.5, 0.6) is 0 Å². The molecule has 1 aromatic heterocycles. The van der Waals surface area contributed by atoms with Crippen LogP contribution in [0.2, 0.25) is 10.0 Å². The minimum Gasteiger partial charge on any atom is -0.225 e. The van der Waals surface area contributed by atoms with Gasteiger partial charge in [-0.1, -0.05) is 29.3 Å². The molecule has 78 valence electrons. The fourth-order valence-corrected chi connectivity index (χ4v) is 1.53. The number of aryl methyl sites for hydroxylation is 1. The van der Waals surface area contributed by atoms with Gasteiger partial charge in [-0.25, -0.2) is 4.68 Å². The van der Waals surface area contributed by atoms with E-state index in [0.29, 0.717) is 16.6 Å². The van der Waals surface area contributed by atoms with Gasteiger partial charge in [-0.3, -0.25) is 0 Å². The SMILES string of the molecule is Cc1nnnn1Cc1ccc(Cl)c(Cl)c1. The van der Waals surface area contributed by atoms with E-state index < -0.39 is 0 Å². The summed E-state index contributed by atoms with van der Waals surface area (Å²) < 4.78 is 1.69. The summed E-state index contributed by atoms with van der Waals surface area (Å²) in [5, 5.41) is 12.3. The zero-order chi connectivity index (χ0) is 10.8. The van der Waals surface area contributed by atoms with Crippen LogP contribution in [0, 0.1) is 6.92 Å². The topological polar surface area (TPSA) is 43.6 Å². The molecule has 0 saturated carbocycles. The molecule has 0 N–H and O–H groups in total. The van der Waals surface area contributed by atoms with Crippen molar-refractivity contribution in [3.63, 3.8) is 0 Å². The highest BCUT2D eigenvalue weighted by Gasteiger charge is 2.03. The number of halogens is 2. The van der Waals surface area contributed by atoms with Gasteiger partial charge in [-0.05, 0) is 35.0 Å². The minimum atomic E-state index is 0.542. The van der Waals surface area contributed by atoms with Gasteiger partial charge >= 0.3 is 0 Å². The van der Waals surface area contributed by atoms with Gasteiger partial charge in [0.15, 0.2) is 0 Å². The minimum absolute atomic E-state index is 0.542. The van der Waals surface area contributed by atoms with Gasteiger partial charge < -0.3 is 0 Å². The van der Waals surface area contributed by atoms with E-state index in [9.17, 15) is 0 Å². The van der Waals surface area contributed by atoms with E-state index in [4.69, 9.17) is 23.2 Å². The fraction of sp³-hybridized carbons (Fsp3) is 0.222. The molecule has 4 nitrogen and oxygen atoms in total. The molecule has 0 aliphatic rings. The second kappa shape index (κ2) is 4.16. The quantitative estimate of drug-likeness (QED) is 0.812. The van der Waals surface area contributed by atoms with Crippen LogP contribution in [-0.2, 0) is 6.54 Å². The third kappa shape index (κ3) is 2.27. The number of nitrogens with zero attached hydrogens (tertiary/aromatic N) is 4. The molecular weight excluding hydrogens is 235 g/mol. The molecule has 0 spiro atoms. The van der Waals surface area contributed by atoms with Gasteiger partial charge in [0.05, 0.1) is 16.6 Å². The number of tetrazole rings is 1. The maximum Gasteiger partial charge on any atom is 0.148 e. The highest BCUT2D eigenvalue weighted by atomic mass is 35.5. The molecule has 0 bridgehead atoms. The first-order valence-corrected chi connectivity index (χ1v) is 5.09. The van der Waals surface area contributed by atoms with Crippen LogP contribution < -0.4 is 0 Å². The predicted molar refractivity (Wildman–Crippen MR) is 58.1 cm³/mol. The lowest BCUT2D eigenvalue weighted by molar-refractivity contribution is 0.633. The van der Waals surface area contributed by atoms with Gasteiger partial charge in [-0.15, -0.1) is 5.10 Å². The van der Waals surface area contributed by atoms with E-state index in [1.807, 2.05) is 19.1 Å². The summed E-state index contributed by atoms with van der Waals surface area (Å²) in [5.74, 6) is 0.765. The van der Waals surface area contributed by atoms with E-state index in [1.165, 1.54) is 0 Å². The van der Waals surface area contributed by atoms with E-state index in [2.05, 4.69) is 15.5 Å². The van der Waals surface area contributed by atoms with Crippen molar-refractivity contribution in [2.45, 2.75) is 13.5 Å². The molecule has 2 aromatic rings. The summed E-state index contributed by atoms with van der Waals surface area (Å²) in [4.78, 5) is 0. The Morgan fingerprint density at radius 3 is 2.67 bits per heavy atom. The molecular formula is C9H8Cl2N4. The molecule has 15 heavy (non-hydrogen) atoms. The van der Waals surface area contributed by atoms with Crippen LogP contribution in [0.1, 0.15) is 11.4 Å². The summed E-state index contributed by atoms with van der Waals surface area (Å²) in [5.41, 5.74) is 1.01. The molecule has 1 heterocycles. The Labute approximate surface area is 96.8 Å². The van der Waals surface area contributed by atoms with Gasteiger partial charge in [0.2, 0.25) is 0 Å². The number of hydrogen-bond acceptors (Lipinski definition) is 3. The lowest BCUT2D eigenvalue weighted by Gasteiger charge is -2.03. The fourth-order valence-electron chi connectivity index (χ4n) is 1.21. The van der Waals surface area contributed by atoms with Crippen molar-refractivity contribution in [3.05, 3.63) is 39.6 Å². The smallest absolute Gasteiger partial charge is 0.148 e. The van der Waals surface area contributed by atoms with E-state index in [-0.39, 0.29) is 0 Å². The Bertz CT molecular complexity index is 481. The molecule has 2 rings (SSSR count). The average Bonchev–Trinajstić information content (AvgIpc) is 2.59. The Morgan fingerprint density at radius 2 is 2.07 bits per heavy atom. The number of rotatable bonds is 2. The third-order valence-corrected chi connectivity index (χ3v) is 2.77. The van der Waals surface area contributed by atoms with Crippen LogP contribution >= 0.6 is 23.2 Å². The van der Waals surface area contributed by atoms with Crippen LogP contribution in [0.15, 0.2) is 18.2 Å². The largest absolute Gasteiger partial charge is 0.225 e. The van der Waals surface area contributed by atoms with Crippen molar-refractivity contribution in [2.75, 3.05) is 0 Å². The second-order valence-electron chi connectivity index (χ2n) is 3.13. The zero-order valence-electron chi connectivity index (χ0n) is 7.98. The Morgan fingerprint density at radius 1 is 1.27 bits per heavy atom. The molecule has 6 heteroatoms. The Hall–Kier alpha value is -1.13. The summed E-state index contributed by atoms with van der Waals surface area (Å²) in [6.45, 7) is 2.44. The van der Waals surface area contributed by atoms with E-state index in [0.717, 1.165) is 11.4 Å². The summed E-state index contributed by atoms with van der Waals surface area (Å²) in [6.07, 6.45) is 0. The van der Waals surface area contributed by atoms with E-state index >= 15 is 0 Å². The van der Waals surface area contributed by atoms with Crippen molar-refractivity contribution >= 4 is 23.2 Å². The first-order valence-electron chi connectivity index (χ1n) is 4.33. The highest BCUT2D eigenvalue weighted by Crippen LogP contribution is 2.22. The monoisotopic (exact) mass is 242 g/mol. The van der Waals surface area contributed by atoms with Crippen molar-refractivity contribution in [1.82, 2.24) is 20.2 Å². The molecule has 0 fully saturated rings. The van der Waals surface area contributed by atoms with Gasteiger partial charge in [0, 0.05) is 0 Å². The lowest BCUT2D eigenvalue weighted by atomic mass is 10.2. The molecule has 0 amide bonds. The number of aromatic nitrogens is 4. The highest BCUT2D eigenvalue weighted by molar-refractivity contribution is 6.42. The maximum absolute atomic E-state index is 5.90. The van der Waals surface area contributed by atoms with Crippen LogP contribution in [0.4, 0.5) is 0 Å². The predicted octanol–water partition coefficient (Wildman–Crippen LogP) is 2.34. The first-order chi connectivity index (χ1) is 7.16. The van der Waals surface area contributed by atoms with Crippen LogP contribution in [0.3, 0.4) is 0 Å². The molecule has 0 atom stereocenters. The molecule has 0 radical (unpaired) electrons. The summed E-state index contributed by atoms with van der Waals surface area (Å²) in [6, 6.07) is 5.47. The van der Waals surface area contributed by atoms with Crippen molar-refractivity contribution < 1.29 is 0 Å². The Kier molecular flexibility index (Phi) is 2.88. The third-order valence-electron chi connectivity index (χ3n) is 2.03. The Balaban J connectivity index is 2.25. The first kappa shape index (κ1) is 10.4. The molecule has 1 aromatic carbocycles. The molecule has 0 saturated heterocycles.